The molecule has 0 radical (unpaired) electrons. The molecule has 0 saturated carbocycles. The third-order valence-electron chi connectivity index (χ3n) is 13.4. The SMILES string of the molecule is c1ccc(-c2nc(-c3cccc(-c4nc5ccccc5c5c6c(ccc45)C4(c5ccccc5Oc5ccccc54)c4ccccc4-6)c3)nc(-c3cccc4oc5ccccc5c34)n2)cc1. The van der Waals surface area contributed by atoms with Gasteiger partial charge in [-0.2, -0.15) is 0 Å². The van der Waals surface area contributed by atoms with Crippen molar-refractivity contribution in [2.45, 2.75) is 5.41 Å². The highest BCUT2D eigenvalue weighted by Crippen LogP contribution is 2.63. The molecular weight excluding hydrogens is 797 g/mol. The second-order valence-corrected chi connectivity index (χ2v) is 16.8. The number of rotatable bonds is 4. The Bertz CT molecular complexity index is 3900. The van der Waals surface area contributed by atoms with E-state index in [4.69, 9.17) is 29.1 Å². The van der Waals surface area contributed by atoms with Crippen molar-refractivity contribution in [1.82, 2.24) is 19.9 Å². The van der Waals surface area contributed by atoms with Crippen LogP contribution in [0.2, 0.25) is 0 Å². The van der Waals surface area contributed by atoms with Crippen LogP contribution in [-0.2, 0) is 5.41 Å². The minimum absolute atomic E-state index is 0.569. The van der Waals surface area contributed by atoms with E-state index in [0.29, 0.717) is 17.5 Å². The van der Waals surface area contributed by atoms with Crippen LogP contribution < -0.4 is 4.74 Å². The second-order valence-electron chi connectivity index (χ2n) is 16.8. The van der Waals surface area contributed by atoms with Crippen LogP contribution in [-0.4, -0.2) is 19.9 Å². The average molecular weight is 831 g/mol. The van der Waals surface area contributed by atoms with E-state index in [0.717, 1.165) is 88.8 Å². The van der Waals surface area contributed by atoms with E-state index in [2.05, 4.69) is 146 Å². The predicted octanol–water partition coefficient (Wildman–Crippen LogP) is 14.6. The third-order valence-corrected chi connectivity index (χ3v) is 13.4. The highest BCUT2D eigenvalue weighted by molar-refractivity contribution is 6.20. The van der Waals surface area contributed by atoms with Gasteiger partial charge in [-0.15, -0.1) is 0 Å². The molecule has 0 N–H and O–H groups in total. The number of aromatic nitrogens is 4. The fourth-order valence-corrected chi connectivity index (χ4v) is 10.7. The first-order valence-corrected chi connectivity index (χ1v) is 21.9. The van der Waals surface area contributed by atoms with Gasteiger partial charge < -0.3 is 9.15 Å². The number of ether oxygens (including phenoxy) is 1. The monoisotopic (exact) mass is 830 g/mol. The largest absolute Gasteiger partial charge is 0.457 e. The maximum Gasteiger partial charge on any atom is 0.164 e. The average Bonchev–Trinajstić information content (AvgIpc) is 3.90. The van der Waals surface area contributed by atoms with Crippen molar-refractivity contribution in [3.05, 3.63) is 229 Å². The van der Waals surface area contributed by atoms with Crippen molar-refractivity contribution in [3.8, 4) is 68.0 Å². The molecule has 4 heterocycles. The lowest BCUT2D eigenvalue weighted by atomic mass is 9.66. The number of fused-ring (bicyclic) bond motifs is 16. The van der Waals surface area contributed by atoms with Crippen LogP contribution in [0.1, 0.15) is 22.3 Å². The van der Waals surface area contributed by atoms with E-state index in [1.165, 1.54) is 27.6 Å². The summed E-state index contributed by atoms with van der Waals surface area (Å²) < 4.78 is 12.9. The van der Waals surface area contributed by atoms with E-state index in [1.807, 2.05) is 60.7 Å². The molecule has 9 aromatic carbocycles. The topological polar surface area (TPSA) is 73.9 Å². The summed E-state index contributed by atoms with van der Waals surface area (Å²) in [4.78, 5) is 21.0. The molecule has 0 saturated heterocycles. The zero-order valence-electron chi connectivity index (χ0n) is 34.7. The van der Waals surface area contributed by atoms with Gasteiger partial charge in [-0.25, -0.2) is 19.9 Å². The lowest BCUT2D eigenvalue weighted by Gasteiger charge is -2.39. The number of furan rings is 1. The minimum Gasteiger partial charge on any atom is -0.457 e. The molecule has 1 aliphatic carbocycles. The van der Waals surface area contributed by atoms with Crippen LogP contribution in [0.3, 0.4) is 0 Å². The number of benzene rings is 9. The molecule has 14 rings (SSSR count). The lowest BCUT2D eigenvalue weighted by molar-refractivity contribution is 0.436. The summed E-state index contributed by atoms with van der Waals surface area (Å²) in [5, 5.41) is 5.34. The number of hydrogen-bond donors (Lipinski definition) is 0. The Balaban J connectivity index is 1.01. The Morgan fingerprint density at radius 2 is 0.954 bits per heavy atom. The van der Waals surface area contributed by atoms with Crippen molar-refractivity contribution in [1.29, 1.82) is 0 Å². The normalized spacial score (nSPS) is 13.2. The van der Waals surface area contributed by atoms with Crippen molar-refractivity contribution in [2.75, 3.05) is 0 Å². The van der Waals surface area contributed by atoms with Gasteiger partial charge in [0.2, 0.25) is 0 Å². The van der Waals surface area contributed by atoms with Gasteiger partial charge in [0.15, 0.2) is 17.5 Å². The number of hydrogen-bond acceptors (Lipinski definition) is 6. The maximum absolute atomic E-state index is 6.65. The van der Waals surface area contributed by atoms with Gasteiger partial charge in [0.1, 0.15) is 22.7 Å². The minimum atomic E-state index is -0.587. The maximum atomic E-state index is 6.65. The van der Waals surface area contributed by atoms with Gasteiger partial charge in [0, 0.05) is 60.3 Å². The molecule has 0 amide bonds. The first-order chi connectivity index (χ1) is 32.2. The van der Waals surface area contributed by atoms with Crippen molar-refractivity contribution < 1.29 is 9.15 Å². The van der Waals surface area contributed by atoms with Gasteiger partial charge in [-0.3, -0.25) is 0 Å². The van der Waals surface area contributed by atoms with Crippen LogP contribution in [0.15, 0.2) is 211 Å². The molecule has 2 aliphatic rings. The summed E-state index contributed by atoms with van der Waals surface area (Å²) in [7, 11) is 0. The molecule has 12 aromatic rings. The van der Waals surface area contributed by atoms with Gasteiger partial charge >= 0.3 is 0 Å². The van der Waals surface area contributed by atoms with Crippen LogP contribution >= 0.6 is 0 Å². The highest BCUT2D eigenvalue weighted by atomic mass is 16.5. The van der Waals surface area contributed by atoms with Crippen LogP contribution in [0.5, 0.6) is 11.5 Å². The van der Waals surface area contributed by atoms with Crippen LogP contribution in [0.4, 0.5) is 0 Å². The van der Waals surface area contributed by atoms with Crippen molar-refractivity contribution in [3.63, 3.8) is 0 Å². The molecular formula is C59H34N4O2. The van der Waals surface area contributed by atoms with Gasteiger partial charge in [0.25, 0.3) is 0 Å². The van der Waals surface area contributed by atoms with Crippen molar-refractivity contribution >= 4 is 43.6 Å². The summed E-state index contributed by atoms with van der Waals surface area (Å²) in [5.74, 6) is 3.48. The molecule has 6 heteroatoms. The zero-order chi connectivity index (χ0) is 42.6. The van der Waals surface area contributed by atoms with E-state index >= 15 is 0 Å². The Morgan fingerprint density at radius 1 is 0.354 bits per heavy atom. The fourth-order valence-electron chi connectivity index (χ4n) is 10.7. The summed E-state index contributed by atoms with van der Waals surface area (Å²) in [6, 6.07) is 71.9. The Labute approximate surface area is 373 Å². The predicted molar refractivity (Wildman–Crippen MR) is 259 cm³/mol. The zero-order valence-corrected chi connectivity index (χ0v) is 34.7. The first-order valence-electron chi connectivity index (χ1n) is 21.9. The standard InChI is InChI=1S/C59H34N4O2/c1-2-16-35(17-3-1)56-61-57(63-58(62-56)42-23-15-31-51-52(42)40-22-6-11-28-48(40)64-51)37-19-14-18-36(34-37)55-41-32-33-46-54(53(41)39-21-5-10-27-47(39)60-55)38-20-4-7-24-43(38)59(46)44-25-8-12-29-49(44)65-50-30-13-9-26-45(50)59/h1-34H. The van der Waals surface area contributed by atoms with Crippen molar-refractivity contribution in [2.24, 2.45) is 0 Å². The molecule has 3 aromatic heterocycles. The number of nitrogens with zero attached hydrogens (tertiary/aromatic N) is 4. The van der Waals surface area contributed by atoms with Gasteiger partial charge in [0.05, 0.1) is 16.6 Å². The molecule has 0 fully saturated rings. The molecule has 65 heavy (non-hydrogen) atoms. The van der Waals surface area contributed by atoms with Crippen LogP contribution in [0, 0.1) is 0 Å². The fraction of sp³-hybridized carbons (Fsp3) is 0.0169. The smallest absolute Gasteiger partial charge is 0.164 e. The summed E-state index contributed by atoms with van der Waals surface area (Å²) in [5.41, 5.74) is 13.6. The highest BCUT2D eigenvalue weighted by Gasteiger charge is 2.51. The Kier molecular flexibility index (Phi) is 7.51. The first kappa shape index (κ1) is 35.8. The summed E-state index contributed by atoms with van der Waals surface area (Å²) in [6.07, 6.45) is 0. The van der Waals surface area contributed by atoms with E-state index < -0.39 is 5.41 Å². The Hall–Kier alpha value is -8.74. The van der Waals surface area contributed by atoms with Crippen LogP contribution in [0.25, 0.3) is 100 Å². The molecule has 0 unspecified atom stereocenters. The third kappa shape index (κ3) is 5.10. The number of pyridine rings is 1. The quantitative estimate of drug-likeness (QED) is 0.165. The molecule has 1 aliphatic heterocycles. The van der Waals surface area contributed by atoms with Gasteiger partial charge in [-0.05, 0) is 58.7 Å². The van der Waals surface area contributed by atoms with E-state index in [9.17, 15) is 0 Å². The van der Waals surface area contributed by atoms with E-state index in [1.54, 1.807) is 0 Å². The summed E-state index contributed by atoms with van der Waals surface area (Å²) in [6.45, 7) is 0. The molecule has 0 bridgehead atoms. The molecule has 302 valence electrons. The van der Waals surface area contributed by atoms with E-state index in [-0.39, 0.29) is 0 Å². The lowest BCUT2D eigenvalue weighted by Crippen LogP contribution is -2.32. The summed E-state index contributed by atoms with van der Waals surface area (Å²) >= 11 is 0. The molecule has 0 atom stereocenters. The van der Waals surface area contributed by atoms with Gasteiger partial charge in [-0.1, -0.05) is 170 Å². The Morgan fingerprint density at radius 3 is 1.78 bits per heavy atom. The number of para-hydroxylation sites is 4. The second kappa shape index (κ2) is 13.6. The molecule has 1 spiro atoms. The molecule has 6 nitrogen and oxygen atoms in total.